The Morgan fingerprint density at radius 1 is 1.46 bits per heavy atom. The molecule has 6 heteroatoms. The number of allylic oxidation sites excluding steroid dienone is 1. The molecule has 1 amide bonds. The first-order chi connectivity index (χ1) is 11.4. The monoisotopic (exact) mass is 327 g/mol. The molecular weight excluding hydrogens is 304 g/mol. The Bertz CT molecular complexity index is 718. The minimum absolute atomic E-state index is 0.0486. The van der Waals surface area contributed by atoms with Crippen LogP contribution < -0.4 is 0 Å². The summed E-state index contributed by atoms with van der Waals surface area (Å²) in [5, 5.41) is 15.3. The van der Waals surface area contributed by atoms with Gasteiger partial charge in [0.05, 0.1) is 18.7 Å². The van der Waals surface area contributed by atoms with Gasteiger partial charge in [-0.15, -0.1) is 5.01 Å². The number of amides is 1. The third kappa shape index (κ3) is 3.81. The minimum Gasteiger partial charge on any atom is -0.450 e. The van der Waals surface area contributed by atoms with E-state index in [0.717, 1.165) is 11.3 Å². The van der Waals surface area contributed by atoms with Gasteiger partial charge in [-0.25, -0.2) is 4.79 Å². The summed E-state index contributed by atoms with van der Waals surface area (Å²) in [4.78, 5) is 12.5. The number of methoxy groups -OCH3 is 1. The molecule has 0 spiro atoms. The van der Waals surface area contributed by atoms with Crippen LogP contribution in [-0.2, 0) is 11.3 Å². The Hall–Kier alpha value is -2.65. The molecule has 0 saturated heterocycles. The predicted molar refractivity (Wildman–Crippen MR) is 91.3 cm³/mol. The zero-order valence-corrected chi connectivity index (χ0v) is 14.6. The number of carbonyl (C=O) groups is 1. The number of quaternary nitrogens is 1. The summed E-state index contributed by atoms with van der Waals surface area (Å²) in [6.07, 6.45) is 3.35. The molecule has 0 aliphatic carbocycles. The molecule has 0 fully saturated rings. The number of nitrogens with zero attached hydrogens (tertiary/aromatic N) is 4. The molecule has 126 valence electrons. The van der Waals surface area contributed by atoms with Crippen LogP contribution in [0.2, 0.25) is 0 Å². The molecule has 24 heavy (non-hydrogen) atoms. The molecule has 0 N–H and O–H groups in total. The van der Waals surface area contributed by atoms with Gasteiger partial charge in [-0.2, -0.15) is 5.26 Å². The number of rotatable bonds is 5. The largest absolute Gasteiger partial charge is 0.457 e. The summed E-state index contributed by atoms with van der Waals surface area (Å²) in [5.74, 6) is 0.321. The summed E-state index contributed by atoms with van der Waals surface area (Å²) in [6.45, 7) is 7.02. The lowest BCUT2D eigenvalue weighted by Crippen LogP contribution is -2.55. The smallest absolute Gasteiger partial charge is 0.450 e. The maximum Gasteiger partial charge on any atom is 0.457 e. The normalized spacial score (nSPS) is 19.1. The van der Waals surface area contributed by atoms with Crippen LogP contribution in [0.5, 0.6) is 0 Å². The molecule has 1 aliphatic rings. The van der Waals surface area contributed by atoms with Crippen molar-refractivity contribution < 1.29 is 14.2 Å². The second-order valence-corrected chi connectivity index (χ2v) is 6.26. The minimum atomic E-state index is -0.457. The molecule has 1 aliphatic heterocycles. The van der Waals surface area contributed by atoms with Crippen molar-refractivity contribution in [3.05, 3.63) is 47.7 Å². The summed E-state index contributed by atoms with van der Waals surface area (Å²) in [6, 6.07) is 9.33. The molecule has 1 aromatic carbocycles. The molecule has 0 bridgehead atoms. The molecule has 6 nitrogen and oxygen atoms in total. The van der Waals surface area contributed by atoms with Gasteiger partial charge in [0.2, 0.25) is 0 Å². The SMILES string of the molecule is COC(=O)N(Cc1cccc(C#N)c1)[N+]1(CC(C)C)C=CC(C)=N1. The van der Waals surface area contributed by atoms with Crippen LogP contribution in [0.4, 0.5) is 4.79 Å². The predicted octanol–water partition coefficient (Wildman–Crippen LogP) is 3.42. The molecular formula is C18H23N4O2+. The Morgan fingerprint density at radius 2 is 2.21 bits per heavy atom. The number of hydrogen-bond donors (Lipinski definition) is 0. The fourth-order valence-electron chi connectivity index (χ4n) is 2.79. The quantitative estimate of drug-likeness (QED) is 0.778. The highest BCUT2D eigenvalue weighted by molar-refractivity contribution is 5.93. The van der Waals surface area contributed by atoms with Gasteiger partial charge in [-0.3, -0.25) is 0 Å². The first-order valence-electron chi connectivity index (χ1n) is 7.89. The van der Waals surface area contributed by atoms with Gasteiger partial charge in [0.1, 0.15) is 18.8 Å². The van der Waals surface area contributed by atoms with Crippen molar-refractivity contribution in [3.63, 3.8) is 0 Å². The number of hydrogen-bond acceptors (Lipinski definition) is 4. The van der Waals surface area contributed by atoms with Gasteiger partial charge in [-0.05, 0) is 24.6 Å². The fourth-order valence-corrected chi connectivity index (χ4v) is 2.79. The van der Waals surface area contributed by atoms with Crippen molar-refractivity contribution in [1.82, 2.24) is 5.01 Å². The summed E-state index contributed by atoms with van der Waals surface area (Å²) >= 11 is 0. The van der Waals surface area contributed by atoms with Crippen molar-refractivity contribution >= 4 is 11.8 Å². The van der Waals surface area contributed by atoms with E-state index >= 15 is 0 Å². The molecule has 2 rings (SSSR count). The summed E-state index contributed by atoms with van der Waals surface area (Å²) in [7, 11) is 1.36. The van der Waals surface area contributed by atoms with Gasteiger partial charge in [0.15, 0.2) is 6.20 Å². The molecule has 1 atom stereocenters. The van der Waals surface area contributed by atoms with Gasteiger partial charge in [0.25, 0.3) is 0 Å². The molecule has 1 unspecified atom stereocenters. The van der Waals surface area contributed by atoms with E-state index in [1.165, 1.54) is 7.11 Å². The van der Waals surface area contributed by atoms with E-state index in [1.807, 2.05) is 31.3 Å². The van der Waals surface area contributed by atoms with Crippen molar-refractivity contribution in [3.8, 4) is 6.07 Å². The lowest BCUT2D eigenvalue weighted by Gasteiger charge is -2.36. The first-order valence-corrected chi connectivity index (χ1v) is 7.89. The molecule has 0 saturated carbocycles. The fraction of sp³-hybridized carbons (Fsp3) is 0.389. The van der Waals surface area contributed by atoms with E-state index in [-0.39, 0.29) is 4.70 Å². The summed E-state index contributed by atoms with van der Waals surface area (Å²) in [5.41, 5.74) is 2.27. The highest BCUT2D eigenvalue weighted by Crippen LogP contribution is 2.26. The number of ether oxygens (including phenoxy) is 1. The van der Waals surface area contributed by atoms with Crippen molar-refractivity contribution in [1.29, 1.82) is 5.26 Å². The second kappa shape index (κ2) is 7.28. The van der Waals surface area contributed by atoms with E-state index < -0.39 is 6.09 Å². The van der Waals surface area contributed by atoms with Crippen LogP contribution in [0.1, 0.15) is 31.9 Å². The van der Waals surface area contributed by atoms with E-state index in [0.29, 0.717) is 24.6 Å². The van der Waals surface area contributed by atoms with E-state index in [2.05, 4.69) is 25.0 Å². The average Bonchev–Trinajstić information content (AvgIpc) is 2.92. The maximum atomic E-state index is 12.5. The van der Waals surface area contributed by atoms with Crippen LogP contribution in [-0.4, -0.2) is 35.2 Å². The van der Waals surface area contributed by atoms with Crippen LogP contribution in [0.3, 0.4) is 0 Å². The first kappa shape index (κ1) is 17.7. The highest BCUT2D eigenvalue weighted by Gasteiger charge is 2.42. The van der Waals surface area contributed by atoms with Crippen molar-refractivity contribution in [2.75, 3.05) is 13.7 Å². The van der Waals surface area contributed by atoms with Gasteiger partial charge < -0.3 is 4.74 Å². The Balaban J connectivity index is 2.41. The molecule has 0 aromatic heterocycles. The lowest BCUT2D eigenvalue weighted by molar-refractivity contribution is -0.989. The molecule has 0 radical (unpaired) electrons. The van der Waals surface area contributed by atoms with E-state index in [9.17, 15) is 4.79 Å². The van der Waals surface area contributed by atoms with Gasteiger partial charge in [-0.1, -0.05) is 35.8 Å². The third-order valence-electron chi connectivity index (χ3n) is 3.71. The Labute approximate surface area is 142 Å². The topological polar surface area (TPSA) is 65.7 Å². The van der Waals surface area contributed by atoms with Crippen LogP contribution in [0.15, 0.2) is 41.6 Å². The Morgan fingerprint density at radius 3 is 2.75 bits per heavy atom. The number of nitriles is 1. The van der Waals surface area contributed by atoms with E-state index in [4.69, 9.17) is 10.00 Å². The average molecular weight is 327 g/mol. The third-order valence-corrected chi connectivity index (χ3v) is 3.71. The van der Waals surface area contributed by atoms with Gasteiger partial charge in [0, 0.05) is 12.0 Å². The zero-order chi connectivity index (χ0) is 17.7. The number of carbonyl (C=O) groups excluding carboxylic acids is 1. The second-order valence-electron chi connectivity index (χ2n) is 6.26. The van der Waals surface area contributed by atoms with Crippen LogP contribution in [0, 0.1) is 17.2 Å². The Kier molecular flexibility index (Phi) is 5.37. The zero-order valence-electron chi connectivity index (χ0n) is 14.6. The molecule has 1 aromatic rings. The van der Waals surface area contributed by atoms with Gasteiger partial charge >= 0.3 is 6.09 Å². The van der Waals surface area contributed by atoms with E-state index in [1.54, 1.807) is 17.1 Å². The van der Waals surface area contributed by atoms with Crippen molar-refractivity contribution in [2.45, 2.75) is 27.3 Å². The maximum absolute atomic E-state index is 12.5. The standard InChI is InChI=1S/C18H23N4O2/c1-14(2)13-22(9-8-15(3)20-22)21(18(23)24-4)12-17-7-5-6-16(10-17)11-19/h5-10,14H,12-13H2,1-4H3/q+1. The highest BCUT2D eigenvalue weighted by atomic mass is 16.6. The van der Waals surface area contributed by atoms with Crippen LogP contribution in [0.25, 0.3) is 0 Å². The summed E-state index contributed by atoms with van der Waals surface area (Å²) < 4.78 is 5.05. The van der Waals surface area contributed by atoms with Crippen LogP contribution >= 0.6 is 0 Å². The van der Waals surface area contributed by atoms with Crippen molar-refractivity contribution in [2.24, 2.45) is 11.0 Å². The lowest BCUT2D eigenvalue weighted by atomic mass is 10.1. The number of benzene rings is 1. The molecule has 1 heterocycles.